The lowest BCUT2D eigenvalue weighted by Gasteiger charge is -2.06. The first kappa shape index (κ1) is 16.3. The van der Waals surface area contributed by atoms with Gasteiger partial charge in [0.1, 0.15) is 10.7 Å². The average Bonchev–Trinajstić information content (AvgIpc) is 3.15. The standard InChI is InChI=1S/C18H14N6OS2/c25-17(14-10-27-18(20-14)15-5-2-8-26-15)19-12-4-1-3-11(9-12)16-21-22-23-24(16)13-6-7-13/h1-5,8-10,13H,6-7H2,(H,19,25). The van der Waals surface area contributed by atoms with Crippen molar-refractivity contribution in [1.29, 1.82) is 0 Å². The molecule has 9 heteroatoms. The molecule has 27 heavy (non-hydrogen) atoms. The van der Waals surface area contributed by atoms with Gasteiger partial charge in [0.2, 0.25) is 0 Å². The van der Waals surface area contributed by atoms with E-state index in [2.05, 4.69) is 25.8 Å². The highest BCUT2D eigenvalue weighted by Gasteiger charge is 2.28. The van der Waals surface area contributed by atoms with E-state index >= 15 is 0 Å². The van der Waals surface area contributed by atoms with Gasteiger partial charge in [-0.25, -0.2) is 9.67 Å². The number of carbonyl (C=O) groups excluding carboxylic acids is 1. The first-order valence-electron chi connectivity index (χ1n) is 8.47. The van der Waals surface area contributed by atoms with E-state index in [-0.39, 0.29) is 5.91 Å². The minimum absolute atomic E-state index is 0.229. The van der Waals surface area contributed by atoms with Crippen LogP contribution in [0.15, 0.2) is 47.2 Å². The van der Waals surface area contributed by atoms with E-state index in [1.165, 1.54) is 11.3 Å². The number of carbonyl (C=O) groups is 1. The van der Waals surface area contributed by atoms with E-state index in [0.717, 1.165) is 34.1 Å². The number of hydrogen-bond donors (Lipinski definition) is 1. The highest BCUT2D eigenvalue weighted by molar-refractivity contribution is 7.20. The third-order valence-corrected chi connectivity index (χ3v) is 6.11. The molecule has 0 bridgehead atoms. The summed E-state index contributed by atoms with van der Waals surface area (Å²) in [6.45, 7) is 0. The second-order valence-electron chi connectivity index (χ2n) is 6.23. The van der Waals surface area contributed by atoms with E-state index in [1.807, 2.05) is 46.5 Å². The lowest BCUT2D eigenvalue weighted by Crippen LogP contribution is -2.12. The maximum Gasteiger partial charge on any atom is 0.275 e. The van der Waals surface area contributed by atoms with Crippen molar-refractivity contribution >= 4 is 34.3 Å². The molecule has 1 N–H and O–H groups in total. The van der Waals surface area contributed by atoms with Crippen molar-refractivity contribution in [1.82, 2.24) is 25.2 Å². The minimum Gasteiger partial charge on any atom is -0.321 e. The van der Waals surface area contributed by atoms with E-state index < -0.39 is 0 Å². The van der Waals surface area contributed by atoms with E-state index in [0.29, 0.717) is 17.4 Å². The van der Waals surface area contributed by atoms with Gasteiger partial charge >= 0.3 is 0 Å². The number of nitrogens with zero attached hydrogens (tertiary/aromatic N) is 5. The van der Waals surface area contributed by atoms with Gasteiger partial charge < -0.3 is 5.32 Å². The van der Waals surface area contributed by atoms with Gasteiger partial charge in [0.15, 0.2) is 5.82 Å². The van der Waals surface area contributed by atoms with Crippen LogP contribution in [0.2, 0.25) is 0 Å². The number of anilines is 1. The summed E-state index contributed by atoms with van der Waals surface area (Å²) >= 11 is 3.08. The minimum atomic E-state index is -0.229. The molecule has 0 spiro atoms. The van der Waals surface area contributed by atoms with Crippen LogP contribution in [0.5, 0.6) is 0 Å². The fraction of sp³-hybridized carbons (Fsp3) is 0.167. The highest BCUT2D eigenvalue weighted by atomic mass is 32.1. The first-order chi connectivity index (χ1) is 13.3. The molecule has 0 aliphatic heterocycles. The van der Waals surface area contributed by atoms with Gasteiger partial charge in [0.05, 0.1) is 10.9 Å². The molecule has 0 saturated heterocycles. The van der Waals surface area contributed by atoms with Crippen LogP contribution in [0.1, 0.15) is 29.4 Å². The summed E-state index contributed by atoms with van der Waals surface area (Å²) in [4.78, 5) is 18.1. The number of aromatic nitrogens is 5. The monoisotopic (exact) mass is 394 g/mol. The summed E-state index contributed by atoms with van der Waals surface area (Å²) in [5.74, 6) is 0.496. The van der Waals surface area contributed by atoms with Gasteiger partial charge in [-0.1, -0.05) is 18.2 Å². The smallest absolute Gasteiger partial charge is 0.275 e. The van der Waals surface area contributed by atoms with E-state index in [9.17, 15) is 4.79 Å². The lowest BCUT2D eigenvalue weighted by atomic mass is 10.2. The van der Waals surface area contributed by atoms with Crippen LogP contribution in [-0.4, -0.2) is 31.1 Å². The van der Waals surface area contributed by atoms with Gasteiger partial charge in [0.25, 0.3) is 5.91 Å². The zero-order chi connectivity index (χ0) is 18.2. The van der Waals surface area contributed by atoms with Gasteiger partial charge in [-0.05, 0) is 46.8 Å². The molecule has 5 rings (SSSR count). The Morgan fingerprint density at radius 2 is 2.11 bits per heavy atom. The van der Waals surface area contributed by atoms with Gasteiger partial charge in [0, 0.05) is 16.6 Å². The van der Waals surface area contributed by atoms with Crippen LogP contribution < -0.4 is 5.32 Å². The second kappa shape index (κ2) is 6.67. The topological polar surface area (TPSA) is 85.6 Å². The number of tetrazole rings is 1. The third kappa shape index (κ3) is 3.26. The number of nitrogens with one attached hydrogen (secondary N) is 1. The Kier molecular flexibility index (Phi) is 4.02. The van der Waals surface area contributed by atoms with Crippen LogP contribution in [0, 0.1) is 0 Å². The number of thiophene rings is 1. The highest BCUT2D eigenvalue weighted by Crippen LogP contribution is 2.36. The van der Waals surface area contributed by atoms with Crippen molar-refractivity contribution in [3.05, 3.63) is 52.9 Å². The molecule has 1 saturated carbocycles. The molecule has 134 valence electrons. The SMILES string of the molecule is O=C(Nc1cccc(-c2nnnn2C2CC2)c1)c1csc(-c2cccs2)n1. The largest absolute Gasteiger partial charge is 0.321 e. The molecule has 0 radical (unpaired) electrons. The molecule has 1 aliphatic carbocycles. The van der Waals surface area contributed by atoms with Crippen molar-refractivity contribution in [3.63, 3.8) is 0 Å². The Bertz CT molecular complexity index is 1100. The maximum atomic E-state index is 12.6. The molecular weight excluding hydrogens is 380 g/mol. The summed E-state index contributed by atoms with van der Waals surface area (Å²) in [5, 5.41) is 19.6. The Morgan fingerprint density at radius 1 is 1.19 bits per heavy atom. The molecule has 3 aromatic heterocycles. The summed E-state index contributed by atoms with van der Waals surface area (Å²) in [5.41, 5.74) is 1.98. The molecule has 4 aromatic rings. The molecule has 0 atom stereocenters. The maximum absolute atomic E-state index is 12.6. The number of hydrogen-bond acceptors (Lipinski definition) is 7. The Labute approximate surface area is 162 Å². The van der Waals surface area contributed by atoms with Crippen LogP contribution in [0.25, 0.3) is 21.3 Å². The predicted molar refractivity (Wildman–Crippen MR) is 105 cm³/mol. The fourth-order valence-corrected chi connectivity index (χ4v) is 4.39. The zero-order valence-corrected chi connectivity index (χ0v) is 15.7. The third-order valence-electron chi connectivity index (χ3n) is 4.23. The number of thiazole rings is 1. The molecule has 7 nitrogen and oxygen atoms in total. The van der Waals surface area contributed by atoms with Crippen LogP contribution in [0.3, 0.4) is 0 Å². The molecule has 1 aromatic carbocycles. The molecule has 3 heterocycles. The fourth-order valence-electron chi connectivity index (χ4n) is 2.77. The Hall–Kier alpha value is -2.91. The van der Waals surface area contributed by atoms with Crippen molar-refractivity contribution in [2.45, 2.75) is 18.9 Å². The average molecular weight is 394 g/mol. The molecule has 0 unspecified atom stereocenters. The quantitative estimate of drug-likeness (QED) is 0.550. The van der Waals surface area contributed by atoms with Crippen molar-refractivity contribution in [2.24, 2.45) is 0 Å². The normalized spacial score (nSPS) is 13.6. The van der Waals surface area contributed by atoms with Gasteiger partial charge in [-0.2, -0.15) is 0 Å². The van der Waals surface area contributed by atoms with Crippen molar-refractivity contribution in [2.75, 3.05) is 5.32 Å². The zero-order valence-electron chi connectivity index (χ0n) is 14.1. The van der Waals surface area contributed by atoms with E-state index in [1.54, 1.807) is 16.7 Å². The predicted octanol–water partition coefficient (Wildman–Crippen LogP) is 4.11. The molecule has 1 aliphatic rings. The Balaban J connectivity index is 1.36. The summed E-state index contributed by atoms with van der Waals surface area (Å²) in [7, 11) is 0. The number of benzene rings is 1. The lowest BCUT2D eigenvalue weighted by molar-refractivity contribution is 0.102. The first-order valence-corrected chi connectivity index (χ1v) is 10.2. The summed E-state index contributed by atoms with van der Waals surface area (Å²) < 4.78 is 1.86. The number of rotatable bonds is 5. The molecular formula is C18H14N6OS2. The summed E-state index contributed by atoms with van der Waals surface area (Å²) in [6.07, 6.45) is 2.20. The van der Waals surface area contributed by atoms with Gasteiger partial charge in [-0.3, -0.25) is 4.79 Å². The Morgan fingerprint density at radius 3 is 2.93 bits per heavy atom. The van der Waals surface area contributed by atoms with Crippen LogP contribution in [-0.2, 0) is 0 Å². The van der Waals surface area contributed by atoms with E-state index in [4.69, 9.17) is 0 Å². The van der Waals surface area contributed by atoms with Crippen molar-refractivity contribution < 1.29 is 4.79 Å². The summed E-state index contributed by atoms with van der Waals surface area (Å²) in [6, 6.07) is 11.9. The molecule has 1 amide bonds. The van der Waals surface area contributed by atoms with Crippen molar-refractivity contribution in [3.8, 4) is 21.3 Å². The van der Waals surface area contributed by atoms with Crippen LogP contribution >= 0.6 is 22.7 Å². The van der Waals surface area contributed by atoms with Crippen LogP contribution in [0.4, 0.5) is 5.69 Å². The molecule has 1 fully saturated rings. The number of amides is 1. The van der Waals surface area contributed by atoms with Gasteiger partial charge in [-0.15, -0.1) is 27.8 Å². The second-order valence-corrected chi connectivity index (χ2v) is 8.03.